The summed E-state index contributed by atoms with van der Waals surface area (Å²) in [6.45, 7) is 9.50. The Labute approximate surface area is 121 Å². The van der Waals surface area contributed by atoms with Crippen molar-refractivity contribution in [2.24, 2.45) is 0 Å². The van der Waals surface area contributed by atoms with Crippen LogP contribution in [0.5, 0.6) is 0 Å². The third kappa shape index (κ3) is 3.39. The monoisotopic (exact) mass is 278 g/mol. The van der Waals surface area contributed by atoms with Crippen LogP contribution in [0.4, 0.5) is 0 Å². The van der Waals surface area contributed by atoms with E-state index in [1.807, 2.05) is 29.5 Å². The molecule has 1 aliphatic heterocycles. The summed E-state index contributed by atoms with van der Waals surface area (Å²) in [5, 5.41) is 7.85. The first-order valence-corrected chi connectivity index (χ1v) is 7.72. The van der Waals surface area contributed by atoms with Gasteiger partial charge in [0.05, 0.1) is 5.69 Å². The van der Waals surface area contributed by atoms with Crippen molar-refractivity contribution in [3.63, 3.8) is 0 Å². The highest BCUT2D eigenvalue weighted by Gasteiger charge is 2.24. The summed E-state index contributed by atoms with van der Waals surface area (Å²) in [5.41, 5.74) is 1.63. The number of aryl methyl sites for hydroxylation is 2. The van der Waals surface area contributed by atoms with Crippen molar-refractivity contribution in [2.75, 3.05) is 19.6 Å². The molecule has 1 saturated heterocycles. The highest BCUT2D eigenvalue weighted by molar-refractivity contribution is 5.92. The van der Waals surface area contributed by atoms with E-state index >= 15 is 0 Å². The molecule has 0 bridgehead atoms. The maximum absolute atomic E-state index is 12.8. The Hall–Kier alpha value is -1.36. The van der Waals surface area contributed by atoms with Crippen LogP contribution in [0.25, 0.3) is 0 Å². The van der Waals surface area contributed by atoms with Gasteiger partial charge in [-0.15, -0.1) is 0 Å². The Morgan fingerprint density at radius 3 is 2.95 bits per heavy atom. The van der Waals surface area contributed by atoms with Gasteiger partial charge in [0.15, 0.2) is 0 Å². The molecule has 2 rings (SSSR count). The lowest BCUT2D eigenvalue weighted by Crippen LogP contribution is -2.42. The fourth-order valence-electron chi connectivity index (χ4n) is 2.84. The van der Waals surface area contributed by atoms with Gasteiger partial charge < -0.3 is 10.2 Å². The van der Waals surface area contributed by atoms with E-state index < -0.39 is 0 Å². The van der Waals surface area contributed by atoms with Crippen LogP contribution in [0.1, 0.15) is 49.3 Å². The van der Waals surface area contributed by atoms with Gasteiger partial charge in [-0.2, -0.15) is 5.10 Å². The lowest BCUT2D eigenvalue weighted by atomic mass is 10.2. The first kappa shape index (κ1) is 15.0. The maximum atomic E-state index is 12.8. The number of rotatable bonds is 6. The number of nitrogens with zero attached hydrogens (tertiary/aromatic N) is 3. The van der Waals surface area contributed by atoms with E-state index in [4.69, 9.17) is 0 Å². The largest absolute Gasteiger partial charge is 0.336 e. The average Bonchev–Trinajstić information content (AvgIpc) is 3.06. The Bertz CT molecular complexity index is 449. The molecule has 2 heterocycles. The molecule has 5 heteroatoms. The number of amides is 1. The van der Waals surface area contributed by atoms with Crippen LogP contribution >= 0.6 is 0 Å². The summed E-state index contributed by atoms with van der Waals surface area (Å²) in [5.74, 6) is 0.114. The van der Waals surface area contributed by atoms with Crippen LogP contribution in [-0.2, 0) is 6.54 Å². The fourth-order valence-corrected chi connectivity index (χ4v) is 2.84. The molecule has 112 valence electrons. The molecule has 5 nitrogen and oxygen atoms in total. The van der Waals surface area contributed by atoms with Gasteiger partial charge in [0.1, 0.15) is 5.69 Å². The second-order valence-corrected chi connectivity index (χ2v) is 5.53. The molecule has 0 aromatic carbocycles. The third-order valence-electron chi connectivity index (χ3n) is 3.80. The first-order chi connectivity index (χ1) is 9.65. The van der Waals surface area contributed by atoms with Gasteiger partial charge in [-0.3, -0.25) is 9.48 Å². The molecule has 1 fully saturated rings. The quantitative estimate of drug-likeness (QED) is 0.863. The number of aromatic nitrogens is 2. The minimum Gasteiger partial charge on any atom is -0.336 e. The molecule has 1 N–H and O–H groups in total. The summed E-state index contributed by atoms with van der Waals surface area (Å²) >= 11 is 0. The zero-order chi connectivity index (χ0) is 14.5. The zero-order valence-electron chi connectivity index (χ0n) is 12.9. The van der Waals surface area contributed by atoms with Gasteiger partial charge in [-0.05, 0) is 45.7 Å². The number of hydrogen-bond acceptors (Lipinski definition) is 3. The van der Waals surface area contributed by atoms with Crippen molar-refractivity contribution in [3.8, 4) is 0 Å². The van der Waals surface area contributed by atoms with E-state index in [0.717, 1.165) is 44.0 Å². The summed E-state index contributed by atoms with van der Waals surface area (Å²) < 4.78 is 1.81. The maximum Gasteiger partial charge on any atom is 0.272 e. The van der Waals surface area contributed by atoms with Gasteiger partial charge in [0.25, 0.3) is 5.91 Å². The van der Waals surface area contributed by atoms with Crippen LogP contribution in [0.2, 0.25) is 0 Å². The van der Waals surface area contributed by atoms with Gasteiger partial charge in [-0.25, -0.2) is 0 Å². The summed E-state index contributed by atoms with van der Waals surface area (Å²) in [4.78, 5) is 14.7. The van der Waals surface area contributed by atoms with Crippen molar-refractivity contribution in [1.29, 1.82) is 0 Å². The molecule has 0 aliphatic carbocycles. The molecule has 1 aromatic rings. The van der Waals surface area contributed by atoms with Crippen LogP contribution in [0.15, 0.2) is 6.07 Å². The van der Waals surface area contributed by atoms with Gasteiger partial charge in [0, 0.05) is 25.7 Å². The van der Waals surface area contributed by atoms with Crippen molar-refractivity contribution in [2.45, 2.75) is 52.6 Å². The first-order valence-electron chi connectivity index (χ1n) is 7.72. The normalized spacial score (nSPS) is 18.4. The van der Waals surface area contributed by atoms with Crippen molar-refractivity contribution >= 4 is 5.91 Å². The Balaban J connectivity index is 2.12. The minimum atomic E-state index is 0.114. The van der Waals surface area contributed by atoms with E-state index in [9.17, 15) is 4.79 Å². The van der Waals surface area contributed by atoms with E-state index in [-0.39, 0.29) is 5.91 Å². The van der Waals surface area contributed by atoms with Crippen LogP contribution in [0, 0.1) is 6.92 Å². The number of carbonyl (C=O) groups excluding carboxylic acids is 1. The van der Waals surface area contributed by atoms with Crippen LogP contribution in [-0.4, -0.2) is 46.3 Å². The molecule has 1 amide bonds. The van der Waals surface area contributed by atoms with E-state index in [2.05, 4.69) is 17.3 Å². The minimum absolute atomic E-state index is 0.114. The molecule has 0 saturated carbocycles. The van der Waals surface area contributed by atoms with Crippen molar-refractivity contribution in [1.82, 2.24) is 20.0 Å². The predicted molar refractivity (Wildman–Crippen MR) is 79.9 cm³/mol. The van der Waals surface area contributed by atoms with Crippen molar-refractivity contribution < 1.29 is 4.79 Å². The third-order valence-corrected chi connectivity index (χ3v) is 3.80. The standard InChI is InChI=1S/C15H26N4O/c1-4-9-18(11-13-7-6-8-16-13)15(20)14-10-12(3)17-19(14)5-2/h10,13,16H,4-9,11H2,1-3H3. The summed E-state index contributed by atoms with van der Waals surface area (Å²) in [6, 6.07) is 2.35. The van der Waals surface area contributed by atoms with Gasteiger partial charge >= 0.3 is 0 Å². The van der Waals surface area contributed by atoms with Crippen LogP contribution in [0.3, 0.4) is 0 Å². The Morgan fingerprint density at radius 2 is 2.35 bits per heavy atom. The second-order valence-electron chi connectivity index (χ2n) is 5.53. The van der Waals surface area contributed by atoms with E-state index in [0.29, 0.717) is 6.04 Å². The molecule has 20 heavy (non-hydrogen) atoms. The fraction of sp³-hybridized carbons (Fsp3) is 0.733. The summed E-state index contributed by atoms with van der Waals surface area (Å²) in [7, 11) is 0. The molecular formula is C15H26N4O. The molecule has 1 unspecified atom stereocenters. The number of carbonyl (C=O) groups is 1. The molecule has 0 radical (unpaired) electrons. The lowest BCUT2D eigenvalue weighted by Gasteiger charge is -2.25. The SMILES string of the molecule is CCCN(CC1CCCN1)C(=O)c1cc(C)nn1CC. The predicted octanol–water partition coefficient (Wildman–Crippen LogP) is 1.82. The molecule has 1 atom stereocenters. The molecular weight excluding hydrogens is 252 g/mol. The lowest BCUT2D eigenvalue weighted by molar-refractivity contribution is 0.0729. The highest BCUT2D eigenvalue weighted by Crippen LogP contribution is 2.12. The van der Waals surface area contributed by atoms with E-state index in [1.165, 1.54) is 12.8 Å². The van der Waals surface area contributed by atoms with Crippen molar-refractivity contribution in [3.05, 3.63) is 17.5 Å². The average molecular weight is 278 g/mol. The molecule has 1 aromatic heterocycles. The highest BCUT2D eigenvalue weighted by atomic mass is 16.2. The second kappa shape index (κ2) is 6.88. The van der Waals surface area contributed by atoms with Crippen LogP contribution < -0.4 is 5.32 Å². The van der Waals surface area contributed by atoms with E-state index in [1.54, 1.807) is 0 Å². The number of hydrogen-bond donors (Lipinski definition) is 1. The zero-order valence-corrected chi connectivity index (χ0v) is 12.9. The smallest absolute Gasteiger partial charge is 0.272 e. The van der Waals surface area contributed by atoms with Gasteiger partial charge in [0.2, 0.25) is 0 Å². The Kier molecular flexibility index (Phi) is 5.17. The number of nitrogens with one attached hydrogen (secondary N) is 1. The topological polar surface area (TPSA) is 50.2 Å². The molecule has 1 aliphatic rings. The van der Waals surface area contributed by atoms with Gasteiger partial charge in [-0.1, -0.05) is 6.92 Å². The summed E-state index contributed by atoms with van der Waals surface area (Å²) in [6.07, 6.45) is 3.36. The Morgan fingerprint density at radius 1 is 1.55 bits per heavy atom. The molecule has 0 spiro atoms.